The van der Waals surface area contributed by atoms with Crippen LogP contribution in [0.5, 0.6) is 5.75 Å². The average Bonchev–Trinajstić information content (AvgIpc) is 2.60. The van der Waals surface area contributed by atoms with E-state index in [-0.39, 0.29) is 5.91 Å². The first-order valence-electron chi connectivity index (χ1n) is 8.93. The molecule has 0 spiro atoms. The zero-order valence-corrected chi connectivity index (χ0v) is 15.6. The van der Waals surface area contributed by atoms with E-state index in [1.165, 1.54) is 0 Å². The number of carbonyl (C=O) groups excluding carboxylic acids is 1. The second-order valence-corrected chi connectivity index (χ2v) is 7.38. The highest BCUT2D eigenvalue weighted by atomic mass is 16.5. The third-order valence-corrected chi connectivity index (χ3v) is 4.70. The van der Waals surface area contributed by atoms with Crippen LogP contribution < -0.4 is 10.1 Å². The standard InChI is InChI=1S/C20H28N2O3/c1-14(2)13-25-17-7-8-18(16(10-17)12-21)22-19(23)20(24-4)9-5-6-15(3)11-20/h7-8,10,14-15H,5-6,9,11,13H2,1-4H3,(H,22,23)/t15-,20+/m1/s1. The zero-order chi connectivity index (χ0) is 18.4. The van der Waals surface area contributed by atoms with Crippen LogP contribution in [0.2, 0.25) is 0 Å². The Morgan fingerprint density at radius 3 is 2.84 bits per heavy atom. The molecule has 25 heavy (non-hydrogen) atoms. The highest BCUT2D eigenvalue weighted by Gasteiger charge is 2.42. The van der Waals surface area contributed by atoms with Gasteiger partial charge in [-0.1, -0.05) is 27.2 Å². The predicted octanol–water partition coefficient (Wildman–Crippen LogP) is 4.13. The first kappa shape index (κ1) is 19.3. The van der Waals surface area contributed by atoms with Crippen molar-refractivity contribution in [1.82, 2.24) is 0 Å². The summed E-state index contributed by atoms with van der Waals surface area (Å²) in [4.78, 5) is 12.9. The van der Waals surface area contributed by atoms with Crippen LogP contribution in [0, 0.1) is 23.2 Å². The van der Waals surface area contributed by atoms with E-state index in [1.807, 2.05) is 0 Å². The van der Waals surface area contributed by atoms with Crippen LogP contribution in [0.1, 0.15) is 52.0 Å². The van der Waals surface area contributed by atoms with Crippen LogP contribution in [0.25, 0.3) is 0 Å². The molecule has 0 heterocycles. The van der Waals surface area contributed by atoms with Gasteiger partial charge in [-0.05, 0) is 49.3 Å². The van der Waals surface area contributed by atoms with E-state index < -0.39 is 5.60 Å². The Balaban J connectivity index is 2.15. The molecule has 2 rings (SSSR count). The molecule has 0 bridgehead atoms. The van der Waals surface area contributed by atoms with E-state index in [2.05, 4.69) is 32.2 Å². The van der Waals surface area contributed by atoms with Crippen molar-refractivity contribution >= 4 is 11.6 Å². The normalized spacial score (nSPS) is 23.1. The lowest BCUT2D eigenvalue weighted by Gasteiger charge is -2.37. The van der Waals surface area contributed by atoms with Crippen LogP contribution in [0.15, 0.2) is 18.2 Å². The molecule has 1 aliphatic carbocycles. The monoisotopic (exact) mass is 344 g/mol. The van der Waals surface area contributed by atoms with Crippen molar-refractivity contribution in [1.29, 1.82) is 5.26 Å². The van der Waals surface area contributed by atoms with Gasteiger partial charge in [0.05, 0.1) is 17.9 Å². The molecule has 1 amide bonds. The minimum absolute atomic E-state index is 0.172. The number of amides is 1. The van der Waals surface area contributed by atoms with Crippen LogP contribution in [0.4, 0.5) is 5.69 Å². The maximum absolute atomic E-state index is 12.9. The van der Waals surface area contributed by atoms with Gasteiger partial charge in [0.1, 0.15) is 17.4 Å². The van der Waals surface area contributed by atoms with Gasteiger partial charge in [0.2, 0.25) is 0 Å². The number of rotatable bonds is 6. The molecule has 0 saturated heterocycles. The fourth-order valence-electron chi connectivity index (χ4n) is 3.30. The summed E-state index contributed by atoms with van der Waals surface area (Å²) in [7, 11) is 1.59. The molecule has 5 heteroatoms. The number of nitrogens with one attached hydrogen (secondary N) is 1. The predicted molar refractivity (Wildman–Crippen MR) is 97.5 cm³/mol. The van der Waals surface area contributed by atoms with Gasteiger partial charge in [-0.15, -0.1) is 0 Å². The van der Waals surface area contributed by atoms with Crippen LogP contribution in [-0.2, 0) is 9.53 Å². The Kier molecular flexibility index (Phi) is 6.44. The number of hydrogen-bond donors (Lipinski definition) is 1. The molecule has 0 aliphatic heterocycles. The van der Waals surface area contributed by atoms with E-state index in [0.717, 1.165) is 12.8 Å². The second-order valence-electron chi connectivity index (χ2n) is 7.38. The minimum Gasteiger partial charge on any atom is -0.493 e. The van der Waals surface area contributed by atoms with Gasteiger partial charge in [0.15, 0.2) is 0 Å². The fourth-order valence-corrected chi connectivity index (χ4v) is 3.30. The van der Waals surface area contributed by atoms with E-state index >= 15 is 0 Å². The van der Waals surface area contributed by atoms with Crippen LogP contribution in [-0.4, -0.2) is 25.2 Å². The number of nitriles is 1. The Morgan fingerprint density at radius 2 is 2.24 bits per heavy atom. The fraction of sp³-hybridized carbons (Fsp3) is 0.600. The van der Waals surface area contributed by atoms with E-state index in [9.17, 15) is 10.1 Å². The maximum Gasteiger partial charge on any atom is 0.256 e. The second kappa shape index (κ2) is 8.35. The van der Waals surface area contributed by atoms with Gasteiger partial charge in [0.25, 0.3) is 5.91 Å². The lowest BCUT2D eigenvalue weighted by Crippen LogP contribution is -2.48. The van der Waals surface area contributed by atoms with Gasteiger partial charge >= 0.3 is 0 Å². The van der Waals surface area contributed by atoms with Gasteiger partial charge in [-0.2, -0.15) is 5.26 Å². The number of benzene rings is 1. The van der Waals surface area contributed by atoms with Gasteiger partial charge in [0, 0.05) is 7.11 Å². The number of methoxy groups -OCH3 is 1. The number of nitrogens with zero attached hydrogens (tertiary/aromatic N) is 1. The molecule has 1 aromatic carbocycles. The summed E-state index contributed by atoms with van der Waals surface area (Å²) < 4.78 is 11.3. The van der Waals surface area contributed by atoms with E-state index in [0.29, 0.717) is 48.3 Å². The molecule has 5 nitrogen and oxygen atoms in total. The summed E-state index contributed by atoms with van der Waals surface area (Å²) in [5.41, 5.74) is 0.0840. The molecule has 0 radical (unpaired) electrons. The Labute approximate surface area is 150 Å². The van der Waals surface area contributed by atoms with Crippen LogP contribution >= 0.6 is 0 Å². The number of ether oxygens (including phenoxy) is 2. The molecule has 1 saturated carbocycles. The SMILES string of the molecule is CO[C@@]1(C(=O)Nc2ccc(OCC(C)C)cc2C#N)CCC[C@@H](C)C1. The van der Waals surface area contributed by atoms with Crippen molar-refractivity contribution < 1.29 is 14.3 Å². The van der Waals surface area contributed by atoms with Gasteiger partial charge in [-0.25, -0.2) is 0 Å². The lowest BCUT2D eigenvalue weighted by molar-refractivity contribution is -0.143. The van der Waals surface area contributed by atoms with Crippen molar-refractivity contribution in [2.24, 2.45) is 11.8 Å². The summed E-state index contributed by atoms with van der Waals surface area (Å²) in [5.74, 6) is 1.31. The maximum atomic E-state index is 12.9. The first-order valence-corrected chi connectivity index (χ1v) is 8.93. The van der Waals surface area contributed by atoms with Crippen molar-refractivity contribution in [3.63, 3.8) is 0 Å². The highest BCUT2D eigenvalue weighted by Crippen LogP contribution is 2.36. The van der Waals surface area contributed by atoms with Crippen molar-refractivity contribution in [3.8, 4) is 11.8 Å². The largest absolute Gasteiger partial charge is 0.493 e. The molecule has 1 aromatic rings. The molecule has 1 N–H and O–H groups in total. The molecule has 1 aliphatic rings. The van der Waals surface area contributed by atoms with Crippen molar-refractivity contribution in [3.05, 3.63) is 23.8 Å². The molecular weight excluding hydrogens is 316 g/mol. The summed E-state index contributed by atoms with van der Waals surface area (Å²) >= 11 is 0. The average molecular weight is 344 g/mol. The van der Waals surface area contributed by atoms with Crippen molar-refractivity contribution in [2.75, 3.05) is 19.0 Å². The summed E-state index contributed by atoms with van der Waals surface area (Å²) in [6.07, 6.45) is 3.49. The molecule has 0 unspecified atom stereocenters. The summed E-state index contributed by atoms with van der Waals surface area (Å²) in [6, 6.07) is 7.31. The number of anilines is 1. The molecule has 0 aromatic heterocycles. The number of hydrogen-bond acceptors (Lipinski definition) is 4. The highest BCUT2D eigenvalue weighted by molar-refractivity contribution is 5.98. The van der Waals surface area contributed by atoms with Gasteiger partial charge < -0.3 is 14.8 Å². The van der Waals surface area contributed by atoms with E-state index in [1.54, 1.807) is 25.3 Å². The lowest BCUT2D eigenvalue weighted by atomic mass is 9.78. The first-order chi connectivity index (χ1) is 11.9. The Hall–Kier alpha value is -2.06. The minimum atomic E-state index is -0.808. The third kappa shape index (κ3) is 4.73. The molecule has 2 atom stereocenters. The van der Waals surface area contributed by atoms with Crippen molar-refractivity contribution in [2.45, 2.75) is 52.1 Å². The number of carbonyl (C=O) groups is 1. The summed E-state index contributed by atoms with van der Waals surface area (Å²) in [6.45, 7) is 6.85. The smallest absolute Gasteiger partial charge is 0.256 e. The van der Waals surface area contributed by atoms with Gasteiger partial charge in [-0.3, -0.25) is 4.79 Å². The zero-order valence-electron chi connectivity index (χ0n) is 15.6. The van der Waals surface area contributed by atoms with Crippen LogP contribution in [0.3, 0.4) is 0 Å². The molecular formula is C20H28N2O3. The quantitative estimate of drug-likeness (QED) is 0.842. The molecule has 1 fully saturated rings. The topological polar surface area (TPSA) is 71.3 Å². The Morgan fingerprint density at radius 1 is 1.48 bits per heavy atom. The third-order valence-electron chi connectivity index (χ3n) is 4.70. The summed E-state index contributed by atoms with van der Waals surface area (Å²) in [5, 5.41) is 12.3. The molecule has 136 valence electrons. The Bertz CT molecular complexity index is 651. The van der Waals surface area contributed by atoms with E-state index in [4.69, 9.17) is 9.47 Å².